The molecule has 2 N–H and O–H groups in total. The van der Waals surface area contributed by atoms with Crippen molar-refractivity contribution < 1.29 is 9.18 Å². The molecule has 0 spiro atoms. The monoisotopic (exact) mass is 320 g/mol. The first-order valence-electron chi connectivity index (χ1n) is 7.95. The lowest BCUT2D eigenvalue weighted by Gasteiger charge is -2.19. The van der Waals surface area contributed by atoms with Gasteiger partial charge >= 0.3 is 0 Å². The van der Waals surface area contributed by atoms with Gasteiger partial charge in [-0.2, -0.15) is 0 Å². The molecule has 0 unspecified atom stereocenters. The van der Waals surface area contributed by atoms with Crippen LogP contribution in [0.3, 0.4) is 0 Å². The number of hydrogen-bond acceptors (Lipinski definition) is 2. The zero-order chi connectivity index (χ0) is 16.9. The van der Waals surface area contributed by atoms with Crippen LogP contribution in [0.2, 0.25) is 0 Å². The van der Waals surface area contributed by atoms with Crippen LogP contribution in [0.4, 0.5) is 4.39 Å². The van der Waals surface area contributed by atoms with Crippen molar-refractivity contribution in [2.75, 3.05) is 33.7 Å². The number of benzene rings is 1. The van der Waals surface area contributed by atoms with E-state index in [-0.39, 0.29) is 23.7 Å². The molecule has 1 aromatic carbocycles. The van der Waals surface area contributed by atoms with E-state index in [0.29, 0.717) is 12.5 Å². The minimum Gasteiger partial charge on any atom is -0.357 e. The highest BCUT2D eigenvalue weighted by Gasteiger charge is 2.44. The number of carbonyl (C=O) groups is 1. The van der Waals surface area contributed by atoms with Crippen molar-refractivity contribution in [1.82, 2.24) is 15.5 Å². The van der Waals surface area contributed by atoms with Crippen LogP contribution in [0.1, 0.15) is 25.3 Å². The maximum absolute atomic E-state index is 13.4. The molecule has 5 nitrogen and oxygen atoms in total. The van der Waals surface area contributed by atoms with Crippen molar-refractivity contribution in [2.24, 2.45) is 4.99 Å². The fourth-order valence-corrected chi connectivity index (χ4v) is 2.42. The van der Waals surface area contributed by atoms with Gasteiger partial charge in [-0.3, -0.25) is 4.79 Å². The molecule has 0 saturated heterocycles. The Balaban J connectivity index is 1.98. The van der Waals surface area contributed by atoms with Crippen LogP contribution in [0.15, 0.2) is 29.3 Å². The molecule has 1 aliphatic carbocycles. The van der Waals surface area contributed by atoms with Crippen LogP contribution >= 0.6 is 0 Å². The van der Waals surface area contributed by atoms with Crippen LogP contribution in [-0.4, -0.2) is 50.5 Å². The average Bonchev–Trinajstić information content (AvgIpc) is 3.31. The molecule has 0 atom stereocenters. The summed E-state index contributed by atoms with van der Waals surface area (Å²) in [4.78, 5) is 17.5. The molecule has 6 heteroatoms. The molecule has 1 amide bonds. The van der Waals surface area contributed by atoms with Crippen molar-refractivity contribution >= 4 is 11.9 Å². The average molecular weight is 320 g/mol. The number of carbonyl (C=O) groups excluding carboxylic acids is 1. The first-order valence-corrected chi connectivity index (χ1v) is 7.95. The highest BCUT2D eigenvalue weighted by atomic mass is 19.1. The van der Waals surface area contributed by atoms with Gasteiger partial charge in [0.25, 0.3) is 0 Å². The topological polar surface area (TPSA) is 56.7 Å². The molecule has 0 heterocycles. The SMILES string of the molecule is CCNC(=NCC(=O)N(C)C)NCC1(c2cccc(F)c2)CC1. The lowest BCUT2D eigenvalue weighted by Crippen LogP contribution is -2.42. The molecule has 1 aliphatic rings. The second kappa shape index (κ2) is 7.44. The maximum Gasteiger partial charge on any atom is 0.243 e. The standard InChI is InChI=1S/C17H25FN4O/c1-4-19-16(20-11-15(23)22(2)3)21-12-17(8-9-17)13-6-5-7-14(18)10-13/h5-7,10H,4,8-9,11-12H2,1-3H3,(H2,19,20,21). The van der Waals surface area contributed by atoms with E-state index < -0.39 is 0 Å². The van der Waals surface area contributed by atoms with E-state index in [2.05, 4.69) is 15.6 Å². The normalized spacial score (nSPS) is 15.9. The summed E-state index contributed by atoms with van der Waals surface area (Å²) >= 11 is 0. The van der Waals surface area contributed by atoms with Crippen molar-refractivity contribution in [3.63, 3.8) is 0 Å². The van der Waals surface area contributed by atoms with Gasteiger partial charge in [-0.1, -0.05) is 12.1 Å². The number of guanidine groups is 1. The number of hydrogen-bond donors (Lipinski definition) is 2. The fraction of sp³-hybridized carbons (Fsp3) is 0.529. The summed E-state index contributed by atoms with van der Waals surface area (Å²) in [7, 11) is 3.42. The van der Waals surface area contributed by atoms with Gasteiger partial charge in [-0.25, -0.2) is 9.38 Å². The van der Waals surface area contributed by atoms with Crippen LogP contribution in [0.5, 0.6) is 0 Å². The Bertz CT molecular complexity index is 582. The molecule has 1 saturated carbocycles. The molecule has 1 fully saturated rings. The lowest BCUT2D eigenvalue weighted by atomic mass is 9.96. The Morgan fingerprint density at radius 2 is 2.09 bits per heavy atom. The van der Waals surface area contributed by atoms with Gasteiger partial charge in [0, 0.05) is 32.6 Å². The van der Waals surface area contributed by atoms with E-state index in [9.17, 15) is 9.18 Å². The van der Waals surface area contributed by atoms with Crippen molar-refractivity contribution in [3.8, 4) is 0 Å². The Hall–Kier alpha value is -2.11. The predicted octanol–water partition coefficient (Wildman–Crippen LogP) is 1.50. The van der Waals surface area contributed by atoms with E-state index >= 15 is 0 Å². The smallest absolute Gasteiger partial charge is 0.243 e. The summed E-state index contributed by atoms with van der Waals surface area (Å²) in [5, 5.41) is 6.42. The van der Waals surface area contributed by atoms with Gasteiger partial charge < -0.3 is 15.5 Å². The second-order valence-electron chi connectivity index (χ2n) is 6.13. The number of nitrogens with one attached hydrogen (secondary N) is 2. The minimum absolute atomic E-state index is 0.0240. The lowest BCUT2D eigenvalue weighted by molar-refractivity contribution is -0.127. The number of halogens is 1. The molecule has 0 radical (unpaired) electrons. The Labute approximate surface area is 137 Å². The molecule has 0 aromatic heterocycles. The van der Waals surface area contributed by atoms with E-state index in [0.717, 1.165) is 24.9 Å². The fourth-order valence-electron chi connectivity index (χ4n) is 2.42. The zero-order valence-electron chi connectivity index (χ0n) is 14.0. The minimum atomic E-state index is -0.203. The summed E-state index contributed by atoms with van der Waals surface area (Å²) in [5.41, 5.74) is 0.995. The molecule has 23 heavy (non-hydrogen) atoms. The Morgan fingerprint density at radius 3 is 2.65 bits per heavy atom. The molecule has 126 valence electrons. The number of aliphatic imine (C=N–C) groups is 1. The summed E-state index contributed by atoms with van der Waals surface area (Å²) in [6, 6.07) is 6.79. The van der Waals surface area contributed by atoms with Gasteiger partial charge in [-0.15, -0.1) is 0 Å². The molecule has 2 rings (SSSR count). The third-order valence-electron chi connectivity index (χ3n) is 4.10. The first kappa shape index (κ1) is 17.2. The number of nitrogens with zero attached hydrogens (tertiary/aromatic N) is 2. The van der Waals surface area contributed by atoms with Gasteiger partial charge in [0.05, 0.1) is 0 Å². The molecule has 1 aromatic rings. The second-order valence-corrected chi connectivity index (χ2v) is 6.13. The third-order valence-corrected chi connectivity index (χ3v) is 4.10. The summed E-state index contributed by atoms with van der Waals surface area (Å²) in [6.45, 7) is 3.48. The number of rotatable bonds is 6. The highest BCUT2D eigenvalue weighted by molar-refractivity contribution is 5.84. The quantitative estimate of drug-likeness (QED) is 0.617. The Kier molecular flexibility index (Phi) is 5.58. The van der Waals surface area contributed by atoms with Gasteiger partial charge in [0.15, 0.2) is 5.96 Å². The largest absolute Gasteiger partial charge is 0.357 e. The predicted molar refractivity (Wildman–Crippen MR) is 90.0 cm³/mol. The van der Waals surface area contributed by atoms with Crippen LogP contribution in [-0.2, 0) is 10.2 Å². The van der Waals surface area contributed by atoms with E-state index in [1.807, 2.05) is 13.0 Å². The highest BCUT2D eigenvalue weighted by Crippen LogP contribution is 2.47. The van der Waals surface area contributed by atoms with Crippen molar-refractivity contribution in [2.45, 2.75) is 25.2 Å². The molecule has 0 aliphatic heterocycles. The third kappa shape index (κ3) is 4.68. The Morgan fingerprint density at radius 1 is 1.35 bits per heavy atom. The van der Waals surface area contributed by atoms with Gasteiger partial charge in [0.1, 0.15) is 12.4 Å². The number of amides is 1. The van der Waals surface area contributed by atoms with E-state index in [4.69, 9.17) is 0 Å². The molecular formula is C17H25FN4O. The molecule has 0 bridgehead atoms. The summed E-state index contributed by atoms with van der Waals surface area (Å²) in [5.74, 6) is 0.366. The molecular weight excluding hydrogens is 295 g/mol. The summed E-state index contributed by atoms with van der Waals surface area (Å²) in [6.07, 6.45) is 2.05. The van der Waals surface area contributed by atoms with Crippen LogP contribution in [0.25, 0.3) is 0 Å². The maximum atomic E-state index is 13.4. The van der Waals surface area contributed by atoms with Crippen molar-refractivity contribution in [3.05, 3.63) is 35.6 Å². The zero-order valence-corrected chi connectivity index (χ0v) is 14.0. The summed E-state index contributed by atoms with van der Waals surface area (Å²) < 4.78 is 13.4. The van der Waals surface area contributed by atoms with Gasteiger partial charge in [0.2, 0.25) is 5.91 Å². The number of likely N-dealkylation sites (N-methyl/N-ethyl adjacent to an activating group) is 1. The van der Waals surface area contributed by atoms with Crippen molar-refractivity contribution in [1.29, 1.82) is 0 Å². The van der Waals surface area contributed by atoms with Crippen LogP contribution in [0, 0.1) is 5.82 Å². The van der Waals surface area contributed by atoms with Crippen LogP contribution < -0.4 is 10.6 Å². The van der Waals surface area contributed by atoms with E-state index in [1.54, 1.807) is 26.2 Å². The first-order chi connectivity index (χ1) is 11.0. The van der Waals surface area contributed by atoms with E-state index in [1.165, 1.54) is 11.0 Å². The van der Waals surface area contributed by atoms with Gasteiger partial charge in [-0.05, 0) is 37.5 Å².